The van der Waals surface area contributed by atoms with Crippen LogP contribution in [0, 0.1) is 5.92 Å². The standard InChI is InChI=1S/C37H40NO6PSi/c1-26(44-46(3,4)5)34-32(25-33(39)27-16-15-17-28(24-27)43-2)38(35(34)40)36(37(41)42)45(29-18-9-6-10-19-29,30-20-11-7-12-21-30)31-22-13-8-14-23-31/h6-24,26,32,34H,25H2,1-5H3,(H,41,42)/t26-,32-,34-/m1/s1. The molecule has 0 aromatic heterocycles. The summed E-state index contributed by atoms with van der Waals surface area (Å²) < 4.78 is 11.8. The lowest BCUT2D eigenvalue weighted by Crippen LogP contribution is -2.69. The van der Waals surface area contributed by atoms with Gasteiger partial charge in [0.05, 0.1) is 25.2 Å². The van der Waals surface area contributed by atoms with Crippen molar-refractivity contribution in [3.05, 3.63) is 121 Å². The topological polar surface area (TPSA) is 93.1 Å². The molecule has 1 amide bonds. The maximum Gasteiger partial charge on any atom is 0.353 e. The van der Waals surface area contributed by atoms with Crippen molar-refractivity contribution in [2.24, 2.45) is 5.92 Å². The van der Waals surface area contributed by atoms with Gasteiger partial charge < -0.3 is 19.2 Å². The molecular formula is C37H40NO6PSi. The zero-order valence-corrected chi connectivity index (χ0v) is 28.7. The lowest BCUT2D eigenvalue weighted by molar-refractivity contribution is -0.155. The van der Waals surface area contributed by atoms with Crippen molar-refractivity contribution in [3.63, 3.8) is 0 Å². The van der Waals surface area contributed by atoms with Crippen LogP contribution in [0.1, 0.15) is 23.7 Å². The fraction of sp³-hybridized carbons (Fsp3) is 0.243. The summed E-state index contributed by atoms with van der Waals surface area (Å²) in [7, 11) is -0.558. The predicted molar refractivity (Wildman–Crippen MR) is 188 cm³/mol. The van der Waals surface area contributed by atoms with Crippen LogP contribution in [0.15, 0.2) is 115 Å². The first-order valence-electron chi connectivity index (χ1n) is 15.3. The van der Waals surface area contributed by atoms with Gasteiger partial charge in [0.25, 0.3) is 0 Å². The average Bonchev–Trinajstić information content (AvgIpc) is 3.05. The quantitative estimate of drug-likeness (QED) is 0.0934. The molecule has 0 saturated carbocycles. The van der Waals surface area contributed by atoms with Gasteiger partial charge in [-0.15, -0.1) is 0 Å². The first kappa shape index (κ1) is 33.1. The second kappa shape index (κ2) is 13.6. The summed E-state index contributed by atoms with van der Waals surface area (Å²) in [4.78, 5) is 43.6. The van der Waals surface area contributed by atoms with Gasteiger partial charge in [0.15, 0.2) is 14.1 Å². The van der Waals surface area contributed by atoms with E-state index in [-0.39, 0.29) is 23.5 Å². The molecule has 0 unspecified atom stereocenters. The van der Waals surface area contributed by atoms with Crippen LogP contribution in [-0.4, -0.2) is 60.7 Å². The van der Waals surface area contributed by atoms with Crippen molar-refractivity contribution in [2.45, 2.75) is 45.1 Å². The molecule has 9 heteroatoms. The van der Waals surface area contributed by atoms with Gasteiger partial charge in [-0.3, -0.25) is 9.59 Å². The Hall–Kier alpha value is -4.23. The number of amides is 1. The third-order valence-electron chi connectivity index (χ3n) is 8.27. The number of nitrogens with zero attached hydrogens (tertiary/aromatic N) is 1. The third kappa shape index (κ3) is 6.38. The van der Waals surface area contributed by atoms with Gasteiger partial charge in [-0.25, -0.2) is 4.79 Å². The van der Waals surface area contributed by atoms with Crippen molar-refractivity contribution < 1.29 is 28.7 Å². The van der Waals surface area contributed by atoms with Gasteiger partial charge in [0.1, 0.15) is 11.2 Å². The summed E-state index contributed by atoms with van der Waals surface area (Å²) in [5.74, 6) is -1.91. The minimum atomic E-state index is -3.18. The van der Waals surface area contributed by atoms with Crippen LogP contribution in [0.4, 0.5) is 0 Å². The number of hydrogen-bond acceptors (Lipinski definition) is 5. The first-order valence-corrected chi connectivity index (χ1v) is 20.5. The number of β-lactam (4-membered cyclic amide) rings is 1. The highest BCUT2D eigenvalue weighted by Gasteiger charge is 2.56. The van der Waals surface area contributed by atoms with Gasteiger partial charge in [-0.2, -0.15) is 0 Å². The number of carboxylic acids is 1. The zero-order valence-electron chi connectivity index (χ0n) is 26.8. The van der Waals surface area contributed by atoms with Crippen LogP contribution in [-0.2, 0) is 14.0 Å². The molecule has 0 spiro atoms. The number of Topliss-reactive ketones (excluding diaryl/α,β-unsaturated/α-hetero) is 1. The number of carboxylic acid groups (broad SMARTS) is 1. The van der Waals surface area contributed by atoms with Crippen molar-refractivity contribution in [1.82, 2.24) is 4.90 Å². The SMILES string of the molecule is COc1cccc(C(=O)C[C@@H]2[C@@H]([C@@H](C)O[Si](C)(C)C)C(=O)N2C(C(=O)O)=P(c2ccccc2)(c2ccccc2)c2ccccc2)c1. The highest BCUT2D eigenvalue weighted by Crippen LogP contribution is 2.50. The largest absolute Gasteiger partial charge is 0.497 e. The van der Waals surface area contributed by atoms with Crippen LogP contribution in [0.5, 0.6) is 5.75 Å². The minimum Gasteiger partial charge on any atom is -0.497 e. The molecule has 0 radical (unpaired) electrons. The van der Waals surface area contributed by atoms with Gasteiger partial charge in [-0.05, 0) is 54.6 Å². The average molecular weight is 654 g/mol. The normalized spacial score (nSPS) is 17.2. The molecule has 7 nitrogen and oxygen atoms in total. The van der Waals surface area contributed by atoms with Gasteiger partial charge in [0, 0.05) is 18.9 Å². The Morgan fingerprint density at radius 2 is 1.33 bits per heavy atom. The van der Waals surface area contributed by atoms with E-state index in [0.717, 1.165) is 15.9 Å². The second-order valence-corrected chi connectivity index (χ2v) is 20.2. The van der Waals surface area contributed by atoms with Crippen molar-refractivity contribution in [1.29, 1.82) is 0 Å². The van der Waals surface area contributed by atoms with Crippen LogP contribution < -0.4 is 20.7 Å². The Morgan fingerprint density at radius 1 is 0.826 bits per heavy atom. The summed E-state index contributed by atoms with van der Waals surface area (Å²) in [5.41, 5.74) is 0.421. The van der Waals surface area contributed by atoms with Gasteiger partial charge in [0.2, 0.25) is 5.91 Å². The summed E-state index contributed by atoms with van der Waals surface area (Å²) in [5, 5.41) is 13.7. The number of ketones is 1. The molecule has 1 aliphatic rings. The second-order valence-electron chi connectivity index (χ2n) is 12.4. The number of ether oxygens (including phenoxy) is 1. The van der Waals surface area contributed by atoms with Crippen LogP contribution in [0.2, 0.25) is 19.6 Å². The van der Waals surface area contributed by atoms with E-state index in [1.54, 1.807) is 24.3 Å². The highest BCUT2D eigenvalue weighted by atomic mass is 31.2. The highest BCUT2D eigenvalue weighted by molar-refractivity contribution is 7.96. The number of rotatable bonds is 12. The predicted octanol–water partition coefficient (Wildman–Crippen LogP) is 5.54. The summed E-state index contributed by atoms with van der Waals surface area (Å²) >= 11 is 0. The summed E-state index contributed by atoms with van der Waals surface area (Å²) in [6, 6.07) is 34.8. The number of methoxy groups -OCH3 is 1. The molecule has 3 atom stereocenters. The van der Waals surface area contributed by atoms with Gasteiger partial charge >= 0.3 is 5.97 Å². The third-order valence-corrected chi connectivity index (χ3v) is 13.6. The smallest absolute Gasteiger partial charge is 0.353 e. The zero-order chi connectivity index (χ0) is 33.1. The molecule has 1 N–H and O–H groups in total. The molecular weight excluding hydrogens is 613 g/mol. The van der Waals surface area contributed by atoms with Crippen LogP contribution in [0.3, 0.4) is 0 Å². The number of carbonyl (C=O) groups excluding carboxylic acids is 2. The Kier molecular flexibility index (Phi) is 9.82. The van der Waals surface area contributed by atoms with Crippen molar-refractivity contribution in [3.8, 4) is 5.75 Å². The molecule has 46 heavy (non-hydrogen) atoms. The Balaban J connectivity index is 1.80. The molecule has 1 heterocycles. The van der Waals surface area contributed by atoms with E-state index in [0.29, 0.717) is 11.3 Å². The molecule has 0 bridgehead atoms. The van der Waals surface area contributed by atoms with E-state index in [9.17, 15) is 19.5 Å². The maximum atomic E-state index is 14.5. The molecule has 4 aromatic carbocycles. The number of benzene rings is 4. The summed E-state index contributed by atoms with van der Waals surface area (Å²) in [6.07, 6.45) is -0.579. The molecule has 4 aromatic rings. The monoisotopic (exact) mass is 653 g/mol. The minimum absolute atomic E-state index is 0.0130. The van der Waals surface area contributed by atoms with Crippen LogP contribution >= 0.6 is 6.89 Å². The molecule has 1 aliphatic heterocycles. The number of hydrogen-bond donors (Lipinski definition) is 1. The van der Waals surface area contributed by atoms with Gasteiger partial charge in [-0.1, -0.05) is 103 Å². The fourth-order valence-electron chi connectivity index (χ4n) is 6.47. The van der Waals surface area contributed by atoms with Crippen LogP contribution in [0.25, 0.3) is 0 Å². The molecule has 1 fully saturated rings. The van der Waals surface area contributed by atoms with E-state index >= 15 is 0 Å². The first-order chi connectivity index (χ1) is 22.0. The number of carbonyl (C=O) groups is 3. The fourth-order valence-corrected chi connectivity index (χ4v) is 12.1. The van der Waals surface area contributed by atoms with E-state index in [1.165, 1.54) is 12.0 Å². The van der Waals surface area contributed by atoms with E-state index < -0.39 is 39.2 Å². The number of likely N-dealkylation sites (tertiary alicyclic amines) is 1. The molecule has 1 saturated heterocycles. The lowest BCUT2D eigenvalue weighted by atomic mass is 9.79. The molecule has 238 valence electrons. The summed E-state index contributed by atoms with van der Waals surface area (Å²) in [6.45, 7) is 4.82. The Labute approximate surface area is 271 Å². The van der Waals surface area contributed by atoms with E-state index in [4.69, 9.17) is 9.16 Å². The Morgan fingerprint density at radius 3 is 1.76 bits per heavy atom. The van der Waals surface area contributed by atoms with Crippen molar-refractivity contribution in [2.75, 3.05) is 7.11 Å². The number of aliphatic carboxylic acids is 1. The van der Waals surface area contributed by atoms with Crippen molar-refractivity contribution >= 4 is 54.2 Å². The maximum absolute atomic E-state index is 14.5. The lowest BCUT2D eigenvalue weighted by Gasteiger charge is -2.51. The molecule has 5 rings (SSSR count). The molecule has 0 aliphatic carbocycles. The van der Waals surface area contributed by atoms with E-state index in [1.807, 2.05) is 118 Å². The Bertz CT molecular complexity index is 1670. The van der Waals surface area contributed by atoms with E-state index in [2.05, 4.69) is 0 Å².